The molecule has 0 unspecified atom stereocenters. The normalized spacial score (nSPS) is 24.1. The largest absolute Gasteiger partial charge is 0.301 e. The van der Waals surface area contributed by atoms with Crippen LogP contribution in [0.1, 0.15) is 6.42 Å². The molecule has 0 bridgehead atoms. The van der Waals surface area contributed by atoms with E-state index in [9.17, 15) is 8.42 Å². The van der Waals surface area contributed by atoms with Crippen molar-refractivity contribution in [3.63, 3.8) is 0 Å². The van der Waals surface area contributed by atoms with E-state index in [1.807, 2.05) is 0 Å². The Balaban J connectivity index is 2.27. The minimum absolute atomic E-state index is 0.343. The Bertz CT molecular complexity index is 214. The summed E-state index contributed by atoms with van der Waals surface area (Å²) in [5.74, 6) is 0.685. The van der Waals surface area contributed by atoms with E-state index in [1.54, 1.807) is 0 Å². The molecule has 0 saturated carbocycles. The summed E-state index contributed by atoms with van der Waals surface area (Å²) in [6.07, 6.45) is 1.10. The van der Waals surface area contributed by atoms with Gasteiger partial charge in [0.05, 0.1) is 11.5 Å². The first-order valence-corrected chi connectivity index (χ1v) is 7.07. The molecular formula is C7H14BrNO2S. The van der Waals surface area contributed by atoms with Crippen molar-refractivity contribution in [2.45, 2.75) is 6.42 Å². The Labute approximate surface area is 82.2 Å². The summed E-state index contributed by atoms with van der Waals surface area (Å²) in [5.41, 5.74) is 0. The second kappa shape index (κ2) is 4.58. The smallest absolute Gasteiger partial charge is 0.152 e. The van der Waals surface area contributed by atoms with Crippen molar-refractivity contribution in [2.75, 3.05) is 36.5 Å². The molecule has 0 amide bonds. The molecular weight excluding hydrogens is 242 g/mol. The molecule has 0 aromatic carbocycles. The summed E-state index contributed by atoms with van der Waals surface area (Å²) in [5, 5.41) is 0.996. The van der Waals surface area contributed by atoms with E-state index in [1.165, 1.54) is 0 Å². The van der Waals surface area contributed by atoms with Gasteiger partial charge in [-0.05, 0) is 13.0 Å². The molecule has 0 aliphatic carbocycles. The van der Waals surface area contributed by atoms with Gasteiger partial charge in [0.2, 0.25) is 0 Å². The summed E-state index contributed by atoms with van der Waals surface area (Å²) in [7, 11) is -2.69. The van der Waals surface area contributed by atoms with E-state index < -0.39 is 9.84 Å². The fourth-order valence-electron chi connectivity index (χ4n) is 1.26. The minimum Gasteiger partial charge on any atom is -0.301 e. The molecule has 0 N–H and O–H groups in total. The van der Waals surface area contributed by atoms with Gasteiger partial charge in [-0.1, -0.05) is 15.9 Å². The lowest BCUT2D eigenvalue weighted by molar-refractivity contribution is 0.297. The predicted molar refractivity (Wildman–Crippen MR) is 53.5 cm³/mol. The van der Waals surface area contributed by atoms with Gasteiger partial charge in [-0.3, -0.25) is 0 Å². The van der Waals surface area contributed by atoms with Crippen LogP contribution in [0.2, 0.25) is 0 Å². The van der Waals surface area contributed by atoms with Crippen molar-refractivity contribution >= 4 is 25.8 Å². The second-order valence-electron chi connectivity index (χ2n) is 3.04. The molecule has 0 aromatic heterocycles. The van der Waals surface area contributed by atoms with Crippen molar-refractivity contribution < 1.29 is 8.42 Å². The molecule has 1 fully saturated rings. The molecule has 1 aliphatic heterocycles. The number of rotatable bonds is 3. The van der Waals surface area contributed by atoms with E-state index in [-0.39, 0.29) is 0 Å². The van der Waals surface area contributed by atoms with Crippen LogP contribution in [-0.2, 0) is 9.84 Å². The Hall–Kier alpha value is 0.390. The van der Waals surface area contributed by atoms with Gasteiger partial charge >= 0.3 is 0 Å². The van der Waals surface area contributed by atoms with Gasteiger partial charge < -0.3 is 4.90 Å². The van der Waals surface area contributed by atoms with Crippen molar-refractivity contribution in [1.29, 1.82) is 0 Å². The molecule has 72 valence electrons. The average Bonchev–Trinajstić information content (AvgIpc) is 2.03. The van der Waals surface area contributed by atoms with Crippen LogP contribution in [-0.4, -0.2) is 49.8 Å². The van der Waals surface area contributed by atoms with E-state index in [2.05, 4.69) is 20.8 Å². The summed E-state index contributed by atoms with van der Waals surface area (Å²) >= 11 is 3.35. The molecule has 12 heavy (non-hydrogen) atoms. The van der Waals surface area contributed by atoms with E-state index in [4.69, 9.17) is 0 Å². The molecule has 1 aliphatic rings. The summed E-state index contributed by atoms with van der Waals surface area (Å²) < 4.78 is 22.1. The van der Waals surface area contributed by atoms with Crippen molar-refractivity contribution in [3.8, 4) is 0 Å². The van der Waals surface area contributed by atoms with E-state index in [0.29, 0.717) is 11.5 Å². The molecule has 1 rings (SSSR count). The van der Waals surface area contributed by atoms with E-state index in [0.717, 1.165) is 31.4 Å². The molecule has 0 atom stereocenters. The van der Waals surface area contributed by atoms with Crippen molar-refractivity contribution in [1.82, 2.24) is 4.90 Å². The fourth-order valence-corrected chi connectivity index (χ4v) is 2.78. The number of sulfone groups is 1. The van der Waals surface area contributed by atoms with Gasteiger partial charge in [0, 0.05) is 18.4 Å². The fraction of sp³-hybridized carbons (Fsp3) is 1.00. The minimum atomic E-state index is -2.69. The third-order valence-electron chi connectivity index (χ3n) is 2.05. The third kappa shape index (κ3) is 3.41. The molecule has 0 spiro atoms. The zero-order valence-electron chi connectivity index (χ0n) is 7.00. The van der Waals surface area contributed by atoms with Crippen LogP contribution in [0.15, 0.2) is 0 Å². The standard InChI is InChI=1S/C7H14BrNO2S/c8-2-1-3-9-4-6-12(10,11)7-5-9/h1-7H2. The van der Waals surface area contributed by atoms with Gasteiger partial charge in [-0.15, -0.1) is 0 Å². The van der Waals surface area contributed by atoms with Crippen LogP contribution in [0.25, 0.3) is 0 Å². The topological polar surface area (TPSA) is 37.4 Å². The molecule has 3 nitrogen and oxygen atoms in total. The molecule has 0 radical (unpaired) electrons. The molecule has 0 aromatic rings. The number of halogens is 1. The maximum absolute atomic E-state index is 11.0. The SMILES string of the molecule is O=S1(=O)CCN(CCCBr)CC1. The highest BCUT2D eigenvalue weighted by Gasteiger charge is 2.20. The maximum Gasteiger partial charge on any atom is 0.152 e. The summed E-state index contributed by atoms with van der Waals surface area (Å²) in [6, 6.07) is 0. The summed E-state index contributed by atoms with van der Waals surface area (Å²) in [6.45, 7) is 2.45. The monoisotopic (exact) mass is 255 g/mol. The lowest BCUT2D eigenvalue weighted by atomic mass is 10.4. The highest BCUT2D eigenvalue weighted by atomic mass is 79.9. The van der Waals surface area contributed by atoms with Crippen LogP contribution in [0.5, 0.6) is 0 Å². The number of hydrogen-bond acceptors (Lipinski definition) is 3. The number of hydrogen-bond donors (Lipinski definition) is 0. The second-order valence-corrected chi connectivity index (χ2v) is 6.13. The third-order valence-corrected chi connectivity index (χ3v) is 4.21. The lowest BCUT2D eigenvalue weighted by Gasteiger charge is -2.25. The first kappa shape index (κ1) is 10.5. The van der Waals surface area contributed by atoms with Gasteiger partial charge in [0.25, 0.3) is 0 Å². The Kier molecular flexibility index (Phi) is 3.99. The zero-order chi connectivity index (χ0) is 9.03. The summed E-state index contributed by atoms with van der Waals surface area (Å²) in [4.78, 5) is 2.21. The highest BCUT2D eigenvalue weighted by Crippen LogP contribution is 2.04. The Morgan fingerprint density at radius 2 is 1.83 bits per heavy atom. The van der Waals surface area contributed by atoms with Gasteiger partial charge in [-0.25, -0.2) is 8.42 Å². The van der Waals surface area contributed by atoms with Gasteiger partial charge in [-0.2, -0.15) is 0 Å². The van der Waals surface area contributed by atoms with Crippen molar-refractivity contribution in [3.05, 3.63) is 0 Å². The van der Waals surface area contributed by atoms with Crippen LogP contribution in [0, 0.1) is 0 Å². The van der Waals surface area contributed by atoms with Crippen LogP contribution < -0.4 is 0 Å². The average molecular weight is 256 g/mol. The molecule has 1 heterocycles. The molecule has 1 saturated heterocycles. The first-order valence-electron chi connectivity index (χ1n) is 4.13. The molecule has 5 heteroatoms. The zero-order valence-corrected chi connectivity index (χ0v) is 9.40. The van der Waals surface area contributed by atoms with Gasteiger partial charge in [0.1, 0.15) is 0 Å². The number of nitrogens with zero attached hydrogens (tertiary/aromatic N) is 1. The van der Waals surface area contributed by atoms with Crippen LogP contribution in [0.3, 0.4) is 0 Å². The van der Waals surface area contributed by atoms with Crippen molar-refractivity contribution in [2.24, 2.45) is 0 Å². The Morgan fingerprint density at radius 3 is 2.33 bits per heavy atom. The number of alkyl halides is 1. The van der Waals surface area contributed by atoms with Crippen LogP contribution in [0.4, 0.5) is 0 Å². The van der Waals surface area contributed by atoms with Gasteiger partial charge in [0.15, 0.2) is 9.84 Å². The predicted octanol–water partition coefficient (Wildman–Crippen LogP) is 0.502. The highest BCUT2D eigenvalue weighted by molar-refractivity contribution is 9.09. The Morgan fingerprint density at radius 1 is 1.25 bits per heavy atom. The lowest BCUT2D eigenvalue weighted by Crippen LogP contribution is -2.40. The quantitative estimate of drug-likeness (QED) is 0.690. The first-order chi connectivity index (χ1) is 5.64. The van der Waals surface area contributed by atoms with Crippen LogP contribution >= 0.6 is 15.9 Å². The van der Waals surface area contributed by atoms with E-state index >= 15 is 0 Å². The maximum atomic E-state index is 11.0.